The van der Waals surface area contributed by atoms with Gasteiger partial charge in [0, 0.05) is 11.3 Å². The predicted octanol–water partition coefficient (Wildman–Crippen LogP) is 3.21. The summed E-state index contributed by atoms with van der Waals surface area (Å²) in [4.78, 5) is 12.1. The first-order valence-corrected chi connectivity index (χ1v) is 7.07. The Bertz CT molecular complexity index is 548. The van der Waals surface area contributed by atoms with E-state index < -0.39 is 0 Å². The zero-order chi connectivity index (χ0) is 13.4. The molecule has 2 bridgehead atoms. The van der Waals surface area contributed by atoms with Gasteiger partial charge in [0.15, 0.2) is 0 Å². The van der Waals surface area contributed by atoms with E-state index in [-0.39, 0.29) is 5.91 Å². The summed E-state index contributed by atoms with van der Waals surface area (Å²) in [5.41, 5.74) is 6.96. The van der Waals surface area contributed by atoms with Gasteiger partial charge in [-0.1, -0.05) is 6.07 Å². The maximum absolute atomic E-state index is 12.1. The number of fused-ring (bicyclic) bond motifs is 2. The number of carbonyl (C=O) groups is 1. The molecule has 2 atom stereocenters. The van der Waals surface area contributed by atoms with Gasteiger partial charge in [-0.25, -0.2) is 5.43 Å². The fourth-order valence-corrected chi connectivity index (χ4v) is 3.23. The zero-order valence-electron chi connectivity index (χ0n) is 11.6. The molecule has 2 saturated carbocycles. The van der Waals surface area contributed by atoms with Crippen LogP contribution in [0, 0.1) is 25.7 Å². The lowest BCUT2D eigenvalue weighted by atomic mass is 9.99. The molecule has 1 aromatic rings. The third-order valence-corrected chi connectivity index (χ3v) is 4.58. The van der Waals surface area contributed by atoms with Gasteiger partial charge in [0.25, 0.3) is 5.91 Å². The number of amides is 1. The van der Waals surface area contributed by atoms with Gasteiger partial charge in [-0.15, -0.1) is 0 Å². The Morgan fingerprint density at radius 2 is 2.11 bits per heavy atom. The van der Waals surface area contributed by atoms with E-state index in [1.54, 1.807) is 0 Å². The smallest absolute Gasteiger partial charge is 0.267 e. The zero-order valence-corrected chi connectivity index (χ0v) is 11.6. The van der Waals surface area contributed by atoms with Crippen LogP contribution in [-0.4, -0.2) is 11.6 Å². The van der Waals surface area contributed by atoms with E-state index in [4.69, 9.17) is 0 Å². The molecule has 19 heavy (non-hydrogen) atoms. The van der Waals surface area contributed by atoms with Crippen LogP contribution in [0.15, 0.2) is 23.3 Å². The molecular weight excluding hydrogens is 236 g/mol. The molecule has 2 fully saturated rings. The number of nitrogens with zero attached hydrogens (tertiary/aromatic N) is 1. The van der Waals surface area contributed by atoms with Gasteiger partial charge >= 0.3 is 0 Å². The number of rotatable bonds is 2. The summed E-state index contributed by atoms with van der Waals surface area (Å²) in [5, 5.41) is 4.35. The maximum atomic E-state index is 12.1. The molecule has 0 aromatic heterocycles. The summed E-state index contributed by atoms with van der Waals surface area (Å²) in [7, 11) is 0. The van der Waals surface area contributed by atoms with Gasteiger partial charge in [0.2, 0.25) is 0 Å². The molecule has 1 amide bonds. The minimum atomic E-state index is -0.0987. The molecule has 2 aliphatic carbocycles. The van der Waals surface area contributed by atoms with Crippen molar-refractivity contribution in [2.24, 2.45) is 16.9 Å². The number of benzene rings is 1. The summed E-state index contributed by atoms with van der Waals surface area (Å²) in [6.45, 7) is 4.07. The van der Waals surface area contributed by atoms with E-state index in [1.807, 2.05) is 32.0 Å². The first-order valence-electron chi connectivity index (χ1n) is 7.07. The van der Waals surface area contributed by atoms with E-state index in [0.29, 0.717) is 11.5 Å². The molecule has 3 rings (SSSR count). The monoisotopic (exact) mass is 256 g/mol. The molecule has 3 nitrogen and oxygen atoms in total. The Morgan fingerprint density at radius 1 is 1.26 bits per heavy atom. The molecule has 0 aliphatic heterocycles. The van der Waals surface area contributed by atoms with E-state index in [9.17, 15) is 4.79 Å². The summed E-state index contributed by atoms with van der Waals surface area (Å²) in [5.74, 6) is 1.35. The molecule has 100 valence electrons. The molecule has 3 heteroatoms. The van der Waals surface area contributed by atoms with Crippen LogP contribution in [0.5, 0.6) is 0 Å². The highest BCUT2D eigenvalue weighted by Crippen LogP contribution is 2.42. The Balaban J connectivity index is 1.68. The minimum absolute atomic E-state index is 0.0987. The second-order valence-corrected chi connectivity index (χ2v) is 5.92. The lowest BCUT2D eigenvalue weighted by Gasteiger charge is -2.11. The molecular formula is C16H20N2O. The van der Waals surface area contributed by atoms with Gasteiger partial charge in [-0.05, 0) is 74.6 Å². The third kappa shape index (κ3) is 2.42. The minimum Gasteiger partial charge on any atom is -0.267 e. The highest BCUT2D eigenvalue weighted by Gasteiger charge is 2.36. The van der Waals surface area contributed by atoms with Crippen LogP contribution >= 0.6 is 0 Å². The first-order chi connectivity index (χ1) is 9.13. The van der Waals surface area contributed by atoms with Crippen molar-refractivity contribution in [2.75, 3.05) is 0 Å². The molecule has 0 radical (unpaired) electrons. The second-order valence-electron chi connectivity index (χ2n) is 5.92. The topological polar surface area (TPSA) is 41.5 Å². The second kappa shape index (κ2) is 4.80. The van der Waals surface area contributed by atoms with E-state index in [0.717, 1.165) is 17.9 Å². The number of hydrazone groups is 1. The van der Waals surface area contributed by atoms with Crippen molar-refractivity contribution in [3.8, 4) is 0 Å². The summed E-state index contributed by atoms with van der Waals surface area (Å²) in [6.07, 6.45) is 4.95. The third-order valence-electron chi connectivity index (χ3n) is 4.58. The predicted molar refractivity (Wildman–Crippen MR) is 76.3 cm³/mol. The molecule has 0 spiro atoms. The van der Waals surface area contributed by atoms with Crippen LogP contribution in [0.4, 0.5) is 0 Å². The van der Waals surface area contributed by atoms with Crippen LogP contribution in [-0.2, 0) is 0 Å². The number of nitrogens with one attached hydrogen (secondary N) is 1. The van der Waals surface area contributed by atoms with Gasteiger partial charge in [-0.3, -0.25) is 4.79 Å². The largest absolute Gasteiger partial charge is 0.271 e. The summed E-state index contributed by atoms with van der Waals surface area (Å²) in [6, 6.07) is 5.76. The van der Waals surface area contributed by atoms with Gasteiger partial charge < -0.3 is 0 Å². The van der Waals surface area contributed by atoms with Crippen molar-refractivity contribution in [2.45, 2.75) is 39.5 Å². The number of carbonyl (C=O) groups excluding carboxylic acids is 1. The molecule has 0 saturated heterocycles. The Labute approximate surface area is 114 Å². The van der Waals surface area contributed by atoms with E-state index in [1.165, 1.54) is 30.5 Å². The van der Waals surface area contributed by atoms with Crippen molar-refractivity contribution < 1.29 is 4.79 Å². The Kier molecular flexibility index (Phi) is 3.13. The number of hydrogen-bond acceptors (Lipinski definition) is 2. The number of aryl methyl sites for hydroxylation is 2. The van der Waals surface area contributed by atoms with Crippen LogP contribution < -0.4 is 5.43 Å². The van der Waals surface area contributed by atoms with Crippen molar-refractivity contribution in [1.82, 2.24) is 5.43 Å². The van der Waals surface area contributed by atoms with Crippen LogP contribution in [0.3, 0.4) is 0 Å². The first kappa shape index (κ1) is 12.4. The standard InChI is InChI=1S/C16H20N2O/c1-10-3-5-14(7-11(10)2)16(19)18-17-15-9-12-4-6-13(15)8-12/h3,5,7,12-13H,4,6,8-9H2,1-2H3,(H,18,19)/b17-15+. The van der Waals surface area contributed by atoms with Crippen molar-refractivity contribution in [3.05, 3.63) is 34.9 Å². The van der Waals surface area contributed by atoms with Crippen molar-refractivity contribution in [1.29, 1.82) is 0 Å². The summed E-state index contributed by atoms with van der Waals surface area (Å²) < 4.78 is 0. The SMILES string of the molecule is Cc1ccc(C(=O)N/N=C2\CC3CCC2C3)cc1C. The van der Waals surface area contributed by atoms with E-state index in [2.05, 4.69) is 10.5 Å². The maximum Gasteiger partial charge on any atom is 0.271 e. The lowest BCUT2D eigenvalue weighted by Crippen LogP contribution is -2.22. The highest BCUT2D eigenvalue weighted by molar-refractivity contribution is 5.96. The number of hydrogen-bond donors (Lipinski definition) is 1. The summed E-state index contributed by atoms with van der Waals surface area (Å²) >= 11 is 0. The fraction of sp³-hybridized carbons (Fsp3) is 0.500. The highest BCUT2D eigenvalue weighted by atomic mass is 16.2. The normalized spacial score (nSPS) is 26.9. The Morgan fingerprint density at radius 3 is 2.74 bits per heavy atom. The lowest BCUT2D eigenvalue weighted by molar-refractivity contribution is 0.0954. The van der Waals surface area contributed by atoms with Gasteiger partial charge in [0.05, 0.1) is 0 Å². The quantitative estimate of drug-likeness (QED) is 0.811. The van der Waals surface area contributed by atoms with Gasteiger partial charge in [-0.2, -0.15) is 5.10 Å². The molecule has 0 heterocycles. The van der Waals surface area contributed by atoms with Crippen LogP contribution in [0.2, 0.25) is 0 Å². The molecule has 2 unspecified atom stereocenters. The average molecular weight is 256 g/mol. The molecule has 1 N–H and O–H groups in total. The molecule has 1 aromatic carbocycles. The Hall–Kier alpha value is -1.64. The van der Waals surface area contributed by atoms with Crippen LogP contribution in [0.25, 0.3) is 0 Å². The fourth-order valence-electron chi connectivity index (χ4n) is 3.23. The molecule has 2 aliphatic rings. The van der Waals surface area contributed by atoms with Crippen LogP contribution in [0.1, 0.15) is 47.2 Å². The van der Waals surface area contributed by atoms with Gasteiger partial charge in [0.1, 0.15) is 0 Å². The van der Waals surface area contributed by atoms with E-state index >= 15 is 0 Å². The average Bonchev–Trinajstić information content (AvgIpc) is 3.01. The van der Waals surface area contributed by atoms with Crippen molar-refractivity contribution >= 4 is 11.6 Å². The van der Waals surface area contributed by atoms with Crippen molar-refractivity contribution in [3.63, 3.8) is 0 Å².